The van der Waals surface area contributed by atoms with Gasteiger partial charge in [0.1, 0.15) is 12.1 Å². The number of imide groups is 1. The number of hydrogen-bond acceptors (Lipinski definition) is 5. The Morgan fingerprint density at radius 2 is 1.89 bits per heavy atom. The first-order valence-electron chi connectivity index (χ1n) is 9.18. The van der Waals surface area contributed by atoms with Crippen LogP contribution < -0.4 is 5.32 Å². The highest BCUT2D eigenvalue weighted by Gasteiger charge is 2.52. The second-order valence-corrected chi connectivity index (χ2v) is 7.43. The molecule has 1 spiro atoms. The van der Waals surface area contributed by atoms with E-state index in [0.29, 0.717) is 18.4 Å². The number of nitrogens with one attached hydrogen (secondary N) is 1. The largest absolute Gasteiger partial charge is 0.453 e. The van der Waals surface area contributed by atoms with E-state index in [1.54, 1.807) is 6.07 Å². The Morgan fingerprint density at radius 3 is 2.56 bits per heavy atom. The lowest BCUT2D eigenvalue weighted by atomic mass is 9.98. The monoisotopic (exact) mass is 372 g/mol. The summed E-state index contributed by atoms with van der Waals surface area (Å²) in [4.78, 5) is 50.4. The average molecular weight is 372 g/mol. The molecule has 2 fully saturated rings. The number of aryl methyl sites for hydroxylation is 2. The summed E-state index contributed by atoms with van der Waals surface area (Å²) in [5, 5.41) is 2.71. The van der Waals surface area contributed by atoms with Crippen molar-refractivity contribution in [2.75, 3.05) is 6.54 Å². The van der Waals surface area contributed by atoms with Gasteiger partial charge in [-0.05, 0) is 45.2 Å². The maximum absolute atomic E-state index is 12.6. The predicted octanol–water partition coefficient (Wildman–Crippen LogP) is 2.28. The van der Waals surface area contributed by atoms with Crippen molar-refractivity contribution < 1.29 is 23.9 Å². The van der Waals surface area contributed by atoms with Gasteiger partial charge in [-0.25, -0.2) is 4.79 Å². The summed E-state index contributed by atoms with van der Waals surface area (Å²) in [6.07, 6.45) is 1.91. The maximum atomic E-state index is 12.6. The van der Waals surface area contributed by atoms with Gasteiger partial charge >= 0.3 is 12.0 Å². The molecule has 144 valence electrons. The van der Waals surface area contributed by atoms with E-state index in [-0.39, 0.29) is 11.7 Å². The number of ketones is 1. The summed E-state index contributed by atoms with van der Waals surface area (Å²) in [5.41, 5.74) is 1.36. The predicted molar refractivity (Wildman–Crippen MR) is 97.2 cm³/mol. The van der Waals surface area contributed by atoms with E-state index in [1.165, 1.54) is 6.92 Å². The van der Waals surface area contributed by atoms with E-state index in [4.69, 9.17) is 4.74 Å². The van der Waals surface area contributed by atoms with Crippen LogP contribution in [0.2, 0.25) is 0 Å². The fourth-order valence-electron chi connectivity index (χ4n) is 3.77. The summed E-state index contributed by atoms with van der Waals surface area (Å²) in [6, 6.07) is 4.92. The Balaban J connectivity index is 1.63. The molecule has 0 unspecified atom stereocenters. The van der Waals surface area contributed by atoms with Crippen LogP contribution in [0.15, 0.2) is 18.2 Å². The number of hydrogen-bond donors (Lipinski definition) is 1. The lowest BCUT2D eigenvalue weighted by Gasteiger charge is -2.20. The van der Waals surface area contributed by atoms with Crippen LogP contribution in [0.1, 0.15) is 54.1 Å². The molecule has 1 aromatic carbocycles. The third kappa shape index (κ3) is 3.59. The molecule has 7 nitrogen and oxygen atoms in total. The molecule has 1 atom stereocenters. The molecule has 1 aliphatic carbocycles. The normalized spacial score (nSPS) is 19.3. The van der Waals surface area contributed by atoms with Crippen LogP contribution in [-0.2, 0) is 14.3 Å². The molecule has 0 bridgehead atoms. The molecule has 3 amide bonds. The molecular formula is C20H24N2O5. The van der Waals surface area contributed by atoms with Gasteiger partial charge < -0.3 is 10.1 Å². The summed E-state index contributed by atoms with van der Waals surface area (Å²) in [7, 11) is 0. The molecular weight excluding hydrogens is 348 g/mol. The Labute approximate surface area is 158 Å². The summed E-state index contributed by atoms with van der Waals surface area (Å²) in [6.45, 7) is 4.70. The van der Waals surface area contributed by atoms with Crippen LogP contribution >= 0.6 is 0 Å². The minimum atomic E-state index is -1.00. The maximum Gasteiger partial charge on any atom is 0.326 e. The van der Waals surface area contributed by atoms with E-state index >= 15 is 0 Å². The van der Waals surface area contributed by atoms with E-state index in [0.717, 1.165) is 28.9 Å². The van der Waals surface area contributed by atoms with Crippen LogP contribution in [0.3, 0.4) is 0 Å². The van der Waals surface area contributed by atoms with Crippen LogP contribution in [0.5, 0.6) is 0 Å². The number of ether oxygens (including phenoxy) is 1. The number of carbonyl (C=O) groups is 4. The van der Waals surface area contributed by atoms with Gasteiger partial charge in [0.2, 0.25) is 5.78 Å². The zero-order valence-electron chi connectivity index (χ0n) is 15.8. The van der Waals surface area contributed by atoms with Crippen LogP contribution in [0.4, 0.5) is 4.79 Å². The third-order valence-electron chi connectivity index (χ3n) is 5.33. The van der Waals surface area contributed by atoms with Gasteiger partial charge in [0.15, 0.2) is 6.10 Å². The molecule has 27 heavy (non-hydrogen) atoms. The van der Waals surface area contributed by atoms with Crippen LogP contribution in [-0.4, -0.2) is 46.8 Å². The fraction of sp³-hybridized carbons (Fsp3) is 0.500. The van der Waals surface area contributed by atoms with Crippen molar-refractivity contribution in [3.8, 4) is 0 Å². The Kier molecular flexibility index (Phi) is 5.04. The summed E-state index contributed by atoms with van der Waals surface area (Å²) >= 11 is 0. The highest BCUT2D eigenvalue weighted by atomic mass is 16.5. The van der Waals surface area contributed by atoms with Crippen molar-refractivity contribution in [1.82, 2.24) is 10.2 Å². The number of rotatable bonds is 5. The Hall–Kier alpha value is -2.70. The van der Waals surface area contributed by atoms with Crippen molar-refractivity contribution in [2.24, 2.45) is 0 Å². The topological polar surface area (TPSA) is 92.8 Å². The molecule has 0 radical (unpaired) electrons. The summed E-state index contributed by atoms with van der Waals surface area (Å²) < 4.78 is 5.21. The second kappa shape index (κ2) is 7.13. The van der Waals surface area contributed by atoms with E-state index in [9.17, 15) is 19.2 Å². The van der Waals surface area contributed by atoms with E-state index in [2.05, 4.69) is 5.32 Å². The Morgan fingerprint density at radius 1 is 1.22 bits per heavy atom. The van der Waals surface area contributed by atoms with Gasteiger partial charge in [-0.2, -0.15) is 0 Å². The number of Topliss-reactive ketones (excluding diaryl/α,β-unsaturated/α-hetero) is 1. The molecule has 1 saturated carbocycles. The standard InChI is InChI=1S/C20H24N2O5/c1-12-6-7-13(2)15(10-12)17(24)14(3)27-16(23)11-22-18(25)20(21-19(22)26)8-4-5-9-20/h6-7,10,14H,4-5,8-9,11H2,1-3H3,(H,21,26)/t14-/m1/s1. The first-order valence-corrected chi connectivity index (χ1v) is 9.18. The number of amides is 3. The third-order valence-corrected chi connectivity index (χ3v) is 5.33. The van der Waals surface area contributed by atoms with Gasteiger partial charge in [-0.3, -0.25) is 19.3 Å². The quantitative estimate of drug-likeness (QED) is 0.486. The fourth-order valence-corrected chi connectivity index (χ4v) is 3.77. The smallest absolute Gasteiger partial charge is 0.326 e. The first-order chi connectivity index (χ1) is 12.7. The molecule has 1 N–H and O–H groups in total. The zero-order chi connectivity index (χ0) is 19.8. The number of carbonyl (C=O) groups excluding carboxylic acids is 4. The van der Waals surface area contributed by atoms with Crippen LogP contribution in [0.25, 0.3) is 0 Å². The van der Waals surface area contributed by atoms with Crippen molar-refractivity contribution in [3.63, 3.8) is 0 Å². The Bertz CT molecular complexity index is 811. The molecule has 7 heteroatoms. The number of urea groups is 1. The SMILES string of the molecule is Cc1ccc(C)c(C(=O)[C@@H](C)OC(=O)CN2C(=O)NC3(CCCC3)C2=O)c1. The van der Waals surface area contributed by atoms with Gasteiger partial charge in [-0.15, -0.1) is 0 Å². The van der Waals surface area contributed by atoms with E-state index < -0.39 is 30.2 Å². The minimum Gasteiger partial charge on any atom is -0.453 e. The summed E-state index contributed by atoms with van der Waals surface area (Å²) in [5.74, 6) is -1.47. The lowest BCUT2D eigenvalue weighted by molar-refractivity contribution is -0.149. The molecule has 1 aliphatic heterocycles. The zero-order valence-corrected chi connectivity index (χ0v) is 15.8. The van der Waals surface area contributed by atoms with Crippen LogP contribution in [0, 0.1) is 13.8 Å². The first kappa shape index (κ1) is 19.1. The highest BCUT2D eigenvalue weighted by Crippen LogP contribution is 2.34. The lowest BCUT2D eigenvalue weighted by Crippen LogP contribution is -2.44. The number of nitrogens with zero attached hydrogens (tertiary/aromatic N) is 1. The number of esters is 1. The van der Waals surface area contributed by atoms with Gasteiger partial charge in [0, 0.05) is 5.56 Å². The average Bonchev–Trinajstić information content (AvgIpc) is 3.17. The van der Waals surface area contributed by atoms with Gasteiger partial charge in [-0.1, -0.05) is 30.5 Å². The van der Waals surface area contributed by atoms with Gasteiger partial charge in [0.05, 0.1) is 0 Å². The molecule has 0 aromatic heterocycles. The molecule has 2 aliphatic rings. The van der Waals surface area contributed by atoms with Gasteiger partial charge in [0.25, 0.3) is 5.91 Å². The second-order valence-electron chi connectivity index (χ2n) is 7.43. The van der Waals surface area contributed by atoms with Crippen molar-refractivity contribution in [3.05, 3.63) is 34.9 Å². The van der Waals surface area contributed by atoms with Crippen molar-refractivity contribution in [2.45, 2.75) is 58.1 Å². The highest BCUT2D eigenvalue weighted by molar-refractivity contribution is 6.09. The molecule has 3 rings (SSSR count). The molecule has 1 aromatic rings. The van der Waals surface area contributed by atoms with E-state index in [1.807, 2.05) is 26.0 Å². The minimum absolute atomic E-state index is 0.311. The van der Waals surface area contributed by atoms with Crippen molar-refractivity contribution >= 4 is 23.7 Å². The molecule has 1 heterocycles. The van der Waals surface area contributed by atoms with Crippen molar-refractivity contribution in [1.29, 1.82) is 0 Å². The molecule has 1 saturated heterocycles. The number of benzene rings is 1.